The Balaban J connectivity index is 2.10. The van der Waals surface area contributed by atoms with Crippen LogP contribution in [0.25, 0.3) is 0 Å². The van der Waals surface area contributed by atoms with E-state index in [0.717, 1.165) is 5.56 Å². The number of nitrogens with zero attached hydrogens (tertiary/aromatic N) is 1. The van der Waals surface area contributed by atoms with Crippen molar-refractivity contribution in [2.24, 2.45) is 11.5 Å². The number of hydrogen-bond donors (Lipinski definition) is 3. The first-order valence-corrected chi connectivity index (χ1v) is 6.08. The molecular weight excluding hydrogens is 246 g/mol. The minimum absolute atomic E-state index is 0.0547. The number of carbonyl (C=O) groups is 2. The maximum absolute atomic E-state index is 12.2. The zero-order valence-corrected chi connectivity index (χ0v) is 10.5. The van der Waals surface area contributed by atoms with Gasteiger partial charge in [-0.25, -0.2) is 5.06 Å². The van der Waals surface area contributed by atoms with Crippen molar-refractivity contribution in [3.63, 3.8) is 0 Å². The SMILES string of the molecule is N[C@@H](Cc1ccccc1)C(=O)[C@]1(N)CCN(O)C1=O. The molecule has 1 aromatic rings. The van der Waals surface area contributed by atoms with Gasteiger partial charge in [-0.05, 0) is 12.0 Å². The predicted octanol–water partition coefficient (Wildman–Crippen LogP) is -0.555. The largest absolute Gasteiger partial charge is 0.321 e. The van der Waals surface area contributed by atoms with E-state index in [-0.39, 0.29) is 13.0 Å². The van der Waals surface area contributed by atoms with E-state index in [4.69, 9.17) is 11.5 Å². The molecule has 0 aliphatic carbocycles. The maximum Gasteiger partial charge on any atom is 0.273 e. The van der Waals surface area contributed by atoms with Gasteiger partial charge in [0.25, 0.3) is 5.91 Å². The highest BCUT2D eigenvalue weighted by Crippen LogP contribution is 2.21. The number of hydrogen-bond acceptors (Lipinski definition) is 5. The molecule has 0 aromatic heterocycles. The number of hydroxylamine groups is 2. The summed E-state index contributed by atoms with van der Waals surface area (Å²) in [6.07, 6.45) is 0.404. The Labute approximate surface area is 110 Å². The smallest absolute Gasteiger partial charge is 0.273 e. The number of Topliss-reactive ketones (excluding diaryl/α,β-unsaturated/α-hetero) is 1. The molecule has 0 saturated carbocycles. The molecule has 2 rings (SSSR count). The normalized spacial score (nSPS) is 24.6. The minimum atomic E-state index is -1.69. The number of benzene rings is 1. The third kappa shape index (κ3) is 2.51. The molecule has 0 spiro atoms. The summed E-state index contributed by atoms with van der Waals surface area (Å²) in [4.78, 5) is 23.9. The van der Waals surface area contributed by atoms with Gasteiger partial charge in [-0.15, -0.1) is 0 Å². The lowest BCUT2D eigenvalue weighted by molar-refractivity contribution is -0.162. The Morgan fingerprint density at radius 3 is 2.58 bits per heavy atom. The van der Waals surface area contributed by atoms with Gasteiger partial charge in [-0.1, -0.05) is 30.3 Å². The summed E-state index contributed by atoms with van der Waals surface area (Å²) in [7, 11) is 0. The van der Waals surface area contributed by atoms with E-state index >= 15 is 0 Å². The Kier molecular flexibility index (Phi) is 3.66. The lowest BCUT2D eigenvalue weighted by Crippen LogP contribution is -2.59. The van der Waals surface area contributed by atoms with Gasteiger partial charge < -0.3 is 11.5 Å². The lowest BCUT2D eigenvalue weighted by atomic mass is 9.87. The second-order valence-electron chi connectivity index (χ2n) is 4.81. The summed E-state index contributed by atoms with van der Waals surface area (Å²) in [5.74, 6) is -1.31. The molecule has 0 bridgehead atoms. The number of nitrogens with two attached hydrogens (primary N) is 2. The molecule has 19 heavy (non-hydrogen) atoms. The van der Waals surface area contributed by atoms with Crippen molar-refractivity contribution < 1.29 is 14.8 Å². The van der Waals surface area contributed by atoms with Gasteiger partial charge in [-0.3, -0.25) is 14.8 Å². The molecule has 6 heteroatoms. The summed E-state index contributed by atoms with van der Waals surface area (Å²) in [6.45, 7) is 0.0547. The predicted molar refractivity (Wildman–Crippen MR) is 68.2 cm³/mol. The van der Waals surface area contributed by atoms with E-state index < -0.39 is 23.3 Å². The van der Waals surface area contributed by atoms with Crippen LogP contribution in [0.5, 0.6) is 0 Å². The van der Waals surface area contributed by atoms with Crippen molar-refractivity contribution in [2.45, 2.75) is 24.4 Å². The Bertz CT molecular complexity index is 491. The van der Waals surface area contributed by atoms with Crippen LogP contribution in [0.15, 0.2) is 30.3 Å². The molecule has 1 aliphatic rings. The summed E-state index contributed by atoms with van der Waals surface area (Å²) in [5, 5.41) is 9.74. The molecule has 1 aromatic carbocycles. The van der Waals surface area contributed by atoms with Gasteiger partial charge in [0.15, 0.2) is 11.3 Å². The topological polar surface area (TPSA) is 110 Å². The third-order valence-corrected chi connectivity index (χ3v) is 3.41. The number of amides is 1. The Morgan fingerprint density at radius 2 is 2.05 bits per heavy atom. The molecule has 1 heterocycles. The van der Waals surface area contributed by atoms with Gasteiger partial charge in [-0.2, -0.15) is 0 Å². The van der Waals surface area contributed by atoms with E-state index in [1.807, 2.05) is 30.3 Å². The highest BCUT2D eigenvalue weighted by Gasteiger charge is 2.50. The Morgan fingerprint density at radius 1 is 1.42 bits per heavy atom. The third-order valence-electron chi connectivity index (χ3n) is 3.41. The van der Waals surface area contributed by atoms with Crippen molar-refractivity contribution in [2.75, 3.05) is 6.54 Å². The molecular formula is C13H17N3O3. The highest BCUT2D eigenvalue weighted by atomic mass is 16.5. The average Bonchev–Trinajstić information content (AvgIpc) is 2.68. The average molecular weight is 263 g/mol. The van der Waals surface area contributed by atoms with Crippen molar-refractivity contribution in [3.05, 3.63) is 35.9 Å². The first kappa shape index (κ1) is 13.7. The monoisotopic (exact) mass is 263 g/mol. The number of rotatable bonds is 4. The van der Waals surface area contributed by atoms with Crippen LogP contribution >= 0.6 is 0 Å². The van der Waals surface area contributed by atoms with Crippen molar-refractivity contribution in [1.29, 1.82) is 0 Å². The van der Waals surface area contributed by atoms with Crippen molar-refractivity contribution in [1.82, 2.24) is 5.06 Å². The van der Waals surface area contributed by atoms with E-state index in [2.05, 4.69) is 0 Å². The first-order chi connectivity index (χ1) is 8.95. The minimum Gasteiger partial charge on any atom is -0.321 e. The molecule has 6 nitrogen and oxygen atoms in total. The molecule has 1 amide bonds. The van der Waals surface area contributed by atoms with E-state index in [1.54, 1.807) is 0 Å². The van der Waals surface area contributed by atoms with Gasteiger partial charge in [0.2, 0.25) is 0 Å². The summed E-state index contributed by atoms with van der Waals surface area (Å²) >= 11 is 0. The molecule has 0 unspecified atom stereocenters. The lowest BCUT2D eigenvalue weighted by Gasteiger charge is -2.23. The number of carbonyl (C=O) groups excluding carboxylic acids is 2. The molecule has 5 N–H and O–H groups in total. The summed E-state index contributed by atoms with van der Waals surface area (Å²) in [6, 6.07) is 8.41. The zero-order chi connectivity index (χ0) is 14.0. The van der Waals surface area contributed by atoms with Crippen LogP contribution in [0, 0.1) is 0 Å². The van der Waals surface area contributed by atoms with Crippen LogP contribution in [-0.4, -0.2) is 40.1 Å². The van der Waals surface area contributed by atoms with Crippen molar-refractivity contribution in [3.8, 4) is 0 Å². The van der Waals surface area contributed by atoms with Crippen LogP contribution in [0.1, 0.15) is 12.0 Å². The Hall–Kier alpha value is -1.76. The fourth-order valence-electron chi connectivity index (χ4n) is 2.24. The quantitative estimate of drug-likeness (QED) is 0.498. The van der Waals surface area contributed by atoms with Crippen LogP contribution in [0.4, 0.5) is 0 Å². The zero-order valence-electron chi connectivity index (χ0n) is 10.5. The van der Waals surface area contributed by atoms with Gasteiger partial charge in [0, 0.05) is 6.42 Å². The second kappa shape index (κ2) is 5.08. The first-order valence-electron chi connectivity index (χ1n) is 6.08. The van der Waals surface area contributed by atoms with Crippen LogP contribution < -0.4 is 11.5 Å². The molecule has 1 fully saturated rings. The van der Waals surface area contributed by atoms with Gasteiger partial charge >= 0.3 is 0 Å². The van der Waals surface area contributed by atoms with Gasteiger partial charge in [0.1, 0.15) is 0 Å². The van der Waals surface area contributed by atoms with E-state index in [9.17, 15) is 14.8 Å². The van der Waals surface area contributed by atoms with E-state index in [0.29, 0.717) is 11.5 Å². The fourth-order valence-corrected chi connectivity index (χ4v) is 2.24. The fraction of sp³-hybridized carbons (Fsp3) is 0.385. The molecule has 1 aliphatic heterocycles. The summed E-state index contributed by atoms with van der Waals surface area (Å²) < 4.78 is 0. The second-order valence-corrected chi connectivity index (χ2v) is 4.81. The summed E-state index contributed by atoms with van der Waals surface area (Å²) in [5.41, 5.74) is 10.9. The molecule has 2 atom stereocenters. The standard InChI is InChI=1S/C13H17N3O3/c14-10(8-9-4-2-1-3-5-9)11(17)13(15)6-7-16(19)12(13)18/h1-5,10,19H,6-8,14-15H2/t10-,13+/m0/s1. The van der Waals surface area contributed by atoms with Gasteiger partial charge in [0.05, 0.1) is 12.6 Å². The van der Waals surface area contributed by atoms with Crippen molar-refractivity contribution >= 4 is 11.7 Å². The van der Waals surface area contributed by atoms with Crippen LogP contribution in [0.2, 0.25) is 0 Å². The molecule has 0 radical (unpaired) electrons. The van der Waals surface area contributed by atoms with Crippen LogP contribution in [0.3, 0.4) is 0 Å². The van der Waals surface area contributed by atoms with E-state index in [1.165, 1.54) is 0 Å². The maximum atomic E-state index is 12.2. The molecule has 1 saturated heterocycles. The van der Waals surface area contributed by atoms with Crippen LogP contribution in [-0.2, 0) is 16.0 Å². The molecule has 102 valence electrons. The number of ketones is 1. The highest BCUT2D eigenvalue weighted by molar-refractivity contribution is 6.13.